The Morgan fingerprint density at radius 3 is 1.33 bits per heavy atom. The third-order valence-corrected chi connectivity index (χ3v) is 5.79. The van der Waals surface area contributed by atoms with Gasteiger partial charge in [-0.25, -0.2) is 9.59 Å². The maximum atomic E-state index is 11.5. The van der Waals surface area contributed by atoms with Crippen molar-refractivity contribution >= 4 is 22.1 Å². The van der Waals surface area contributed by atoms with E-state index in [9.17, 15) is 28.2 Å². The topological polar surface area (TPSA) is 129 Å². The number of carbonyl (C=O) groups is 2. The smallest absolute Gasteiger partial charge is 1.00 e. The predicted molar refractivity (Wildman–Crippen MR) is 115 cm³/mol. The molecule has 0 aliphatic heterocycles. The van der Waals surface area contributed by atoms with Crippen LogP contribution in [0.4, 0.5) is 0 Å². The van der Waals surface area contributed by atoms with Crippen LogP contribution in [0.15, 0.2) is 11.1 Å². The van der Waals surface area contributed by atoms with E-state index in [1.165, 1.54) is 44.9 Å². The van der Waals surface area contributed by atoms with Crippen molar-refractivity contribution < 1.29 is 63.8 Å². The number of carboxylic acid groups (broad SMARTS) is 2. The third kappa shape index (κ3) is 18.4. The zero-order valence-electron chi connectivity index (χ0n) is 19.7. The molecule has 0 spiro atoms. The van der Waals surface area contributed by atoms with Crippen LogP contribution in [0.1, 0.15) is 105 Å². The molecule has 0 aliphatic carbocycles. The molecule has 0 aromatic carbocycles. The van der Waals surface area contributed by atoms with Gasteiger partial charge in [0.2, 0.25) is 0 Å². The molecule has 0 aromatic rings. The molecule has 30 heavy (non-hydrogen) atoms. The molecule has 0 aliphatic rings. The Labute approximate surface area is 205 Å². The number of rotatable bonds is 19. The van der Waals surface area contributed by atoms with Crippen LogP contribution in [0.2, 0.25) is 0 Å². The van der Waals surface area contributed by atoms with Gasteiger partial charge < -0.3 is 11.6 Å². The van der Waals surface area contributed by atoms with Gasteiger partial charge in [0, 0.05) is 11.1 Å². The summed E-state index contributed by atoms with van der Waals surface area (Å²) >= 11 is 0. The first-order valence-electron chi connectivity index (χ1n) is 10.8. The monoisotopic (exact) mass is 458 g/mol. The van der Waals surface area contributed by atoms with Gasteiger partial charge in [-0.3, -0.25) is 4.55 Å². The fraction of sp³-hybridized carbons (Fsp3) is 0.810. The van der Waals surface area contributed by atoms with Crippen LogP contribution in [0, 0.1) is 0 Å². The molecule has 0 aromatic heterocycles. The van der Waals surface area contributed by atoms with Crippen molar-refractivity contribution in [2.45, 2.75) is 103 Å². The molecule has 0 amide bonds. The van der Waals surface area contributed by atoms with E-state index in [0.717, 1.165) is 19.3 Å². The molecule has 0 saturated heterocycles. The molecular formula is C21H39NaO7S. The summed E-state index contributed by atoms with van der Waals surface area (Å²) < 4.78 is 30.1. The summed E-state index contributed by atoms with van der Waals surface area (Å²) in [6, 6.07) is 0. The van der Waals surface area contributed by atoms with Crippen LogP contribution in [0.5, 0.6) is 0 Å². The van der Waals surface area contributed by atoms with Gasteiger partial charge in [-0.2, -0.15) is 8.42 Å². The Morgan fingerprint density at radius 1 is 0.667 bits per heavy atom. The molecule has 0 atom stereocenters. The molecule has 9 heteroatoms. The molecule has 0 fully saturated rings. The second kappa shape index (κ2) is 19.3. The molecular weight excluding hydrogens is 419 g/mol. The molecule has 0 unspecified atom stereocenters. The van der Waals surface area contributed by atoms with Crippen LogP contribution in [-0.2, 0) is 19.7 Å². The summed E-state index contributed by atoms with van der Waals surface area (Å²) in [5.74, 6) is -2.97. The largest absolute Gasteiger partial charge is 1.00 e. The molecule has 0 heterocycles. The van der Waals surface area contributed by atoms with E-state index in [2.05, 4.69) is 6.92 Å². The minimum absolute atomic E-state index is 0. The zero-order valence-corrected chi connectivity index (χ0v) is 21.5. The summed E-state index contributed by atoms with van der Waals surface area (Å²) in [5.41, 5.74) is -0.264. The van der Waals surface area contributed by atoms with Crippen LogP contribution in [0.3, 0.4) is 0 Å². The fourth-order valence-corrected chi connectivity index (χ4v) is 3.89. The maximum Gasteiger partial charge on any atom is 1.00 e. The van der Waals surface area contributed by atoms with Crippen molar-refractivity contribution in [3.63, 3.8) is 0 Å². The van der Waals surface area contributed by atoms with E-state index in [1.54, 1.807) is 0 Å². The summed E-state index contributed by atoms with van der Waals surface area (Å²) in [7, 11) is -4.09. The first kappa shape index (κ1) is 31.8. The van der Waals surface area contributed by atoms with E-state index < -0.39 is 27.8 Å². The second-order valence-corrected chi connectivity index (χ2v) is 9.17. The Morgan fingerprint density at radius 2 is 1.00 bits per heavy atom. The average Bonchev–Trinajstić information content (AvgIpc) is 2.62. The summed E-state index contributed by atoms with van der Waals surface area (Å²) in [5, 5.41) is 18.7. The molecule has 0 saturated carbocycles. The predicted octanol–water partition coefficient (Wildman–Crippen LogP) is 2.33. The SMILES string of the molecule is CCCCCCCCCCCCC/C(C(=O)O)=C(\CCCCS(=O)(=O)O)C(=O)O.[H-].[Na+]. The van der Waals surface area contributed by atoms with Gasteiger partial charge in [0.1, 0.15) is 0 Å². The number of carboxylic acids is 2. The number of hydrogen-bond acceptors (Lipinski definition) is 4. The van der Waals surface area contributed by atoms with Gasteiger partial charge in [-0.05, 0) is 32.1 Å². The van der Waals surface area contributed by atoms with Crippen molar-refractivity contribution in [2.75, 3.05) is 5.75 Å². The molecule has 7 nitrogen and oxygen atoms in total. The summed E-state index contributed by atoms with van der Waals surface area (Å²) in [6.07, 6.45) is 12.9. The van der Waals surface area contributed by atoms with Crippen LogP contribution < -0.4 is 29.6 Å². The van der Waals surface area contributed by atoms with Crippen LogP contribution in [-0.4, -0.2) is 40.9 Å². The van der Waals surface area contributed by atoms with Gasteiger partial charge in [0.05, 0.1) is 5.75 Å². The Hall–Kier alpha value is -0.410. The van der Waals surface area contributed by atoms with Gasteiger partial charge >= 0.3 is 41.5 Å². The van der Waals surface area contributed by atoms with E-state index in [-0.39, 0.29) is 67.8 Å². The standard InChI is InChI=1S/C21H38O7S.Na.H/c1-2-3-4-5-6-7-8-9-10-11-12-15-18(20(22)23)19(21(24)25)16-13-14-17-29(26,27)28;;/h2-17H2,1H3,(H,22,23)(H,24,25)(H,26,27,28);;/q;+1;-1/b19-18-;;. The zero-order chi connectivity index (χ0) is 22.1. The van der Waals surface area contributed by atoms with E-state index >= 15 is 0 Å². The van der Waals surface area contributed by atoms with Gasteiger partial charge in [0.25, 0.3) is 10.1 Å². The second-order valence-electron chi connectivity index (χ2n) is 7.60. The minimum atomic E-state index is -4.09. The average molecular weight is 459 g/mol. The van der Waals surface area contributed by atoms with Gasteiger partial charge in [-0.1, -0.05) is 71.1 Å². The maximum absolute atomic E-state index is 11.5. The fourth-order valence-electron chi connectivity index (χ4n) is 3.33. The van der Waals surface area contributed by atoms with E-state index in [0.29, 0.717) is 6.42 Å². The molecule has 0 radical (unpaired) electrons. The Balaban J connectivity index is -0.00000392. The van der Waals surface area contributed by atoms with E-state index in [1.807, 2.05) is 0 Å². The van der Waals surface area contributed by atoms with Crippen LogP contribution >= 0.6 is 0 Å². The van der Waals surface area contributed by atoms with Crippen molar-refractivity contribution in [1.82, 2.24) is 0 Å². The number of hydrogen-bond donors (Lipinski definition) is 3. The normalized spacial score (nSPS) is 12.2. The van der Waals surface area contributed by atoms with Crippen LogP contribution in [0.25, 0.3) is 0 Å². The Kier molecular flexibility index (Phi) is 20.4. The third-order valence-electron chi connectivity index (χ3n) is 4.99. The van der Waals surface area contributed by atoms with Gasteiger partial charge in [-0.15, -0.1) is 0 Å². The summed E-state index contributed by atoms with van der Waals surface area (Å²) in [6.45, 7) is 2.20. The van der Waals surface area contributed by atoms with Crippen molar-refractivity contribution in [2.24, 2.45) is 0 Å². The van der Waals surface area contributed by atoms with Crippen molar-refractivity contribution in [3.8, 4) is 0 Å². The molecule has 172 valence electrons. The quantitative estimate of drug-likeness (QED) is 0.117. The first-order valence-corrected chi connectivity index (χ1v) is 12.4. The minimum Gasteiger partial charge on any atom is -1.00 e. The van der Waals surface area contributed by atoms with Crippen molar-refractivity contribution in [3.05, 3.63) is 11.1 Å². The molecule has 0 bridgehead atoms. The van der Waals surface area contributed by atoms with Crippen molar-refractivity contribution in [1.29, 1.82) is 0 Å². The number of aliphatic carboxylic acids is 2. The molecule has 0 rings (SSSR count). The summed E-state index contributed by atoms with van der Waals surface area (Å²) in [4.78, 5) is 22.9. The number of unbranched alkanes of at least 4 members (excludes halogenated alkanes) is 11. The van der Waals surface area contributed by atoms with Gasteiger partial charge in [0.15, 0.2) is 0 Å². The Bertz CT molecular complexity index is 621. The molecule has 3 N–H and O–H groups in total. The van der Waals surface area contributed by atoms with E-state index in [4.69, 9.17) is 4.55 Å². The first-order chi connectivity index (χ1) is 13.7.